The summed E-state index contributed by atoms with van der Waals surface area (Å²) in [5.74, 6) is 2.58. The van der Waals surface area contributed by atoms with Crippen molar-refractivity contribution in [3.8, 4) is 0 Å². The summed E-state index contributed by atoms with van der Waals surface area (Å²) >= 11 is 1.60. The Bertz CT molecular complexity index is 572. The summed E-state index contributed by atoms with van der Waals surface area (Å²) in [5, 5.41) is 4.01. The Labute approximate surface area is 118 Å². The van der Waals surface area contributed by atoms with Crippen LogP contribution in [0, 0.1) is 6.92 Å². The molecule has 0 radical (unpaired) electrons. The van der Waals surface area contributed by atoms with Gasteiger partial charge in [0.1, 0.15) is 22.4 Å². The van der Waals surface area contributed by atoms with Gasteiger partial charge in [-0.2, -0.15) is 0 Å². The predicted molar refractivity (Wildman–Crippen MR) is 77.8 cm³/mol. The average molecular weight is 277 g/mol. The van der Waals surface area contributed by atoms with Crippen LogP contribution in [-0.4, -0.2) is 17.0 Å². The molecule has 0 aliphatic heterocycles. The van der Waals surface area contributed by atoms with Gasteiger partial charge in [-0.1, -0.05) is 32.5 Å². The standard InChI is InChI=1S/C14H19N3OS/c1-9-10(6-7-18-9)19-12-8-11(15-5)16-13(17-12)14(2,3)4/h6-8H,1-5H3,(H,15,16,17). The molecule has 1 N–H and O–H groups in total. The van der Waals surface area contributed by atoms with Crippen molar-refractivity contribution in [3.05, 3.63) is 30.0 Å². The number of aromatic nitrogens is 2. The molecule has 0 atom stereocenters. The number of hydrogen-bond donors (Lipinski definition) is 1. The van der Waals surface area contributed by atoms with E-state index in [1.165, 1.54) is 0 Å². The summed E-state index contributed by atoms with van der Waals surface area (Å²) in [6.45, 7) is 8.28. The minimum atomic E-state index is -0.0758. The maximum atomic E-state index is 5.31. The fourth-order valence-corrected chi connectivity index (χ4v) is 2.38. The minimum absolute atomic E-state index is 0.0758. The molecular weight excluding hydrogens is 258 g/mol. The molecule has 0 saturated heterocycles. The highest BCUT2D eigenvalue weighted by Gasteiger charge is 2.19. The van der Waals surface area contributed by atoms with Crippen molar-refractivity contribution in [2.75, 3.05) is 12.4 Å². The van der Waals surface area contributed by atoms with Crippen LogP contribution in [0.4, 0.5) is 5.82 Å². The quantitative estimate of drug-likeness (QED) is 0.863. The highest BCUT2D eigenvalue weighted by Crippen LogP contribution is 2.32. The molecule has 19 heavy (non-hydrogen) atoms. The van der Waals surface area contributed by atoms with E-state index < -0.39 is 0 Å². The zero-order chi connectivity index (χ0) is 14.0. The van der Waals surface area contributed by atoms with Crippen molar-refractivity contribution < 1.29 is 4.42 Å². The second-order valence-electron chi connectivity index (χ2n) is 5.36. The molecule has 0 saturated carbocycles. The molecule has 0 unspecified atom stereocenters. The van der Waals surface area contributed by atoms with Crippen molar-refractivity contribution in [2.45, 2.75) is 43.0 Å². The fourth-order valence-electron chi connectivity index (χ4n) is 1.53. The second kappa shape index (κ2) is 5.25. The van der Waals surface area contributed by atoms with Crippen LogP contribution in [0.5, 0.6) is 0 Å². The van der Waals surface area contributed by atoms with Crippen molar-refractivity contribution >= 4 is 17.6 Å². The van der Waals surface area contributed by atoms with E-state index in [1.807, 2.05) is 26.1 Å². The summed E-state index contributed by atoms with van der Waals surface area (Å²) in [6, 6.07) is 3.91. The molecule has 0 aliphatic carbocycles. The van der Waals surface area contributed by atoms with E-state index in [4.69, 9.17) is 4.42 Å². The van der Waals surface area contributed by atoms with E-state index in [0.717, 1.165) is 27.3 Å². The third kappa shape index (κ3) is 3.29. The van der Waals surface area contributed by atoms with E-state index in [9.17, 15) is 0 Å². The molecule has 0 spiro atoms. The molecule has 5 heteroatoms. The number of furan rings is 1. The number of nitrogens with one attached hydrogen (secondary N) is 1. The van der Waals surface area contributed by atoms with Crippen LogP contribution in [0.25, 0.3) is 0 Å². The normalized spacial score (nSPS) is 11.6. The largest absolute Gasteiger partial charge is 0.468 e. The molecule has 2 aromatic rings. The summed E-state index contributed by atoms with van der Waals surface area (Å²) in [4.78, 5) is 10.2. The van der Waals surface area contributed by atoms with Crippen LogP contribution in [0.3, 0.4) is 0 Å². The molecule has 4 nitrogen and oxygen atoms in total. The van der Waals surface area contributed by atoms with Gasteiger partial charge in [-0.05, 0) is 13.0 Å². The fraction of sp³-hybridized carbons (Fsp3) is 0.429. The molecular formula is C14H19N3OS. The van der Waals surface area contributed by atoms with Gasteiger partial charge in [-0.25, -0.2) is 9.97 Å². The third-order valence-corrected chi connectivity index (χ3v) is 3.72. The first-order chi connectivity index (χ1) is 8.90. The minimum Gasteiger partial charge on any atom is -0.468 e. The topological polar surface area (TPSA) is 51.0 Å². The number of rotatable bonds is 3. The number of anilines is 1. The zero-order valence-corrected chi connectivity index (χ0v) is 12.8. The van der Waals surface area contributed by atoms with Gasteiger partial charge in [0, 0.05) is 18.5 Å². The lowest BCUT2D eigenvalue weighted by Gasteiger charge is -2.18. The Morgan fingerprint density at radius 2 is 2.00 bits per heavy atom. The van der Waals surface area contributed by atoms with Crippen LogP contribution in [0.15, 0.2) is 32.7 Å². The Hall–Kier alpha value is -1.49. The predicted octanol–water partition coefficient (Wildman–Crippen LogP) is 3.87. The molecule has 0 bridgehead atoms. The Morgan fingerprint density at radius 1 is 1.26 bits per heavy atom. The maximum absolute atomic E-state index is 5.31. The molecule has 0 aromatic carbocycles. The van der Waals surface area contributed by atoms with Crippen molar-refractivity contribution in [1.82, 2.24) is 9.97 Å². The Balaban J connectivity index is 2.37. The van der Waals surface area contributed by atoms with Crippen molar-refractivity contribution in [2.24, 2.45) is 0 Å². The highest BCUT2D eigenvalue weighted by atomic mass is 32.2. The van der Waals surface area contributed by atoms with Crippen molar-refractivity contribution in [3.63, 3.8) is 0 Å². The zero-order valence-electron chi connectivity index (χ0n) is 11.9. The molecule has 2 aromatic heterocycles. The lowest BCUT2D eigenvalue weighted by atomic mass is 9.96. The van der Waals surface area contributed by atoms with E-state index in [2.05, 4.69) is 36.1 Å². The molecule has 2 rings (SSSR count). The number of aryl methyl sites for hydroxylation is 1. The number of nitrogens with zero attached hydrogens (tertiary/aromatic N) is 2. The highest BCUT2D eigenvalue weighted by molar-refractivity contribution is 7.99. The lowest BCUT2D eigenvalue weighted by Crippen LogP contribution is -2.17. The van der Waals surface area contributed by atoms with Crippen LogP contribution in [-0.2, 0) is 5.41 Å². The smallest absolute Gasteiger partial charge is 0.137 e. The average Bonchev–Trinajstić information content (AvgIpc) is 2.73. The van der Waals surface area contributed by atoms with Gasteiger partial charge in [0.25, 0.3) is 0 Å². The summed E-state index contributed by atoms with van der Waals surface area (Å²) in [6.07, 6.45) is 1.70. The van der Waals surface area contributed by atoms with Crippen LogP contribution in [0.2, 0.25) is 0 Å². The first kappa shape index (κ1) is 13.9. The lowest BCUT2D eigenvalue weighted by molar-refractivity contribution is 0.526. The third-order valence-electron chi connectivity index (χ3n) is 2.66. The van der Waals surface area contributed by atoms with Crippen LogP contribution < -0.4 is 5.32 Å². The van der Waals surface area contributed by atoms with E-state index in [-0.39, 0.29) is 5.41 Å². The van der Waals surface area contributed by atoms with E-state index in [1.54, 1.807) is 18.0 Å². The molecule has 2 heterocycles. The Kier molecular flexibility index (Phi) is 3.85. The summed E-state index contributed by atoms with van der Waals surface area (Å²) in [5.41, 5.74) is -0.0758. The first-order valence-corrected chi connectivity index (χ1v) is 7.01. The van der Waals surface area contributed by atoms with Gasteiger partial charge in [0.05, 0.1) is 11.2 Å². The van der Waals surface area contributed by atoms with E-state index >= 15 is 0 Å². The molecule has 0 amide bonds. The number of hydrogen-bond acceptors (Lipinski definition) is 5. The van der Waals surface area contributed by atoms with Gasteiger partial charge >= 0.3 is 0 Å². The SMILES string of the molecule is CNc1cc(Sc2ccoc2C)nc(C(C)(C)C)n1. The van der Waals surface area contributed by atoms with Crippen LogP contribution in [0.1, 0.15) is 32.4 Å². The summed E-state index contributed by atoms with van der Waals surface area (Å²) < 4.78 is 5.31. The maximum Gasteiger partial charge on any atom is 0.137 e. The van der Waals surface area contributed by atoms with Crippen LogP contribution >= 0.6 is 11.8 Å². The first-order valence-electron chi connectivity index (χ1n) is 6.19. The van der Waals surface area contributed by atoms with Gasteiger partial charge in [0.15, 0.2) is 0 Å². The summed E-state index contributed by atoms with van der Waals surface area (Å²) in [7, 11) is 1.87. The molecule has 0 aliphatic rings. The molecule has 102 valence electrons. The monoisotopic (exact) mass is 277 g/mol. The van der Waals surface area contributed by atoms with E-state index in [0.29, 0.717) is 0 Å². The van der Waals surface area contributed by atoms with Gasteiger partial charge < -0.3 is 9.73 Å². The van der Waals surface area contributed by atoms with Gasteiger partial charge in [-0.15, -0.1) is 0 Å². The molecule has 0 fully saturated rings. The Morgan fingerprint density at radius 3 is 2.53 bits per heavy atom. The van der Waals surface area contributed by atoms with Crippen molar-refractivity contribution in [1.29, 1.82) is 0 Å². The van der Waals surface area contributed by atoms with Gasteiger partial charge in [0.2, 0.25) is 0 Å². The second-order valence-corrected chi connectivity index (χ2v) is 6.42. The van der Waals surface area contributed by atoms with Gasteiger partial charge in [-0.3, -0.25) is 0 Å².